The molecule has 0 spiro atoms. The van der Waals surface area contributed by atoms with E-state index in [1.54, 1.807) is 6.92 Å². The van der Waals surface area contributed by atoms with Gasteiger partial charge in [-0.15, -0.1) is 0 Å². The average Bonchev–Trinajstić information content (AvgIpc) is 2.48. The van der Waals surface area contributed by atoms with Crippen LogP contribution in [0, 0.1) is 5.41 Å². The molecule has 0 atom stereocenters. The number of aliphatic hydroxyl groups is 1. The van der Waals surface area contributed by atoms with E-state index in [2.05, 4.69) is 0 Å². The highest BCUT2D eigenvalue weighted by atomic mass is 16.3. The van der Waals surface area contributed by atoms with Gasteiger partial charge in [0.2, 0.25) is 0 Å². The van der Waals surface area contributed by atoms with E-state index in [-0.39, 0.29) is 12.4 Å². The van der Waals surface area contributed by atoms with Crippen LogP contribution >= 0.6 is 0 Å². The largest absolute Gasteiger partial charge is 0.395 e. The number of carbonyl (C=O) groups excluding carboxylic acids is 1. The van der Waals surface area contributed by atoms with Crippen LogP contribution in [0.15, 0.2) is 60.7 Å². The average molecular weight is 268 g/mol. The highest BCUT2D eigenvalue weighted by molar-refractivity contribution is 5.83. The minimum Gasteiger partial charge on any atom is -0.395 e. The van der Waals surface area contributed by atoms with Gasteiger partial charge >= 0.3 is 0 Å². The summed E-state index contributed by atoms with van der Waals surface area (Å²) in [4.78, 5) is 12.1. The van der Waals surface area contributed by atoms with Crippen molar-refractivity contribution >= 4 is 5.78 Å². The van der Waals surface area contributed by atoms with Crippen molar-refractivity contribution in [1.82, 2.24) is 0 Å². The highest BCUT2D eigenvalue weighted by Crippen LogP contribution is 2.29. The third kappa shape index (κ3) is 3.34. The molecular formula is C18H20O2. The Morgan fingerprint density at radius 3 is 1.60 bits per heavy atom. The zero-order chi connectivity index (χ0) is 14.4. The van der Waals surface area contributed by atoms with Gasteiger partial charge in [-0.1, -0.05) is 60.7 Å². The Hall–Kier alpha value is -1.93. The standard InChI is InChI=1S/C18H20O2/c1-15(20)18(14-19,12-16-8-4-2-5-9-16)13-17-10-6-3-7-11-17/h2-11,19H,12-14H2,1H3. The fraction of sp³-hybridized carbons (Fsp3) is 0.278. The molecule has 0 aromatic heterocycles. The second kappa shape index (κ2) is 6.49. The van der Waals surface area contributed by atoms with Gasteiger partial charge in [-0.25, -0.2) is 0 Å². The molecule has 1 N–H and O–H groups in total. The van der Waals surface area contributed by atoms with Crippen molar-refractivity contribution < 1.29 is 9.90 Å². The third-order valence-electron chi connectivity index (χ3n) is 3.82. The number of aliphatic hydroxyl groups excluding tert-OH is 1. The first-order chi connectivity index (χ1) is 9.66. The molecule has 0 aliphatic carbocycles. The smallest absolute Gasteiger partial charge is 0.138 e. The molecule has 0 heterocycles. The monoisotopic (exact) mass is 268 g/mol. The van der Waals surface area contributed by atoms with Crippen LogP contribution < -0.4 is 0 Å². The van der Waals surface area contributed by atoms with Gasteiger partial charge in [0.25, 0.3) is 0 Å². The molecule has 2 rings (SSSR count). The Morgan fingerprint density at radius 1 is 0.900 bits per heavy atom. The fourth-order valence-electron chi connectivity index (χ4n) is 2.51. The first-order valence-corrected chi connectivity index (χ1v) is 6.86. The van der Waals surface area contributed by atoms with Crippen molar-refractivity contribution in [3.8, 4) is 0 Å². The number of hydrogen-bond donors (Lipinski definition) is 1. The Bertz CT molecular complexity index is 505. The number of Topliss-reactive ketones (excluding diaryl/α,β-unsaturated/α-hetero) is 1. The van der Waals surface area contributed by atoms with E-state index in [9.17, 15) is 9.90 Å². The van der Waals surface area contributed by atoms with Crippen LogP contribution in [0.4, 0.5) is 0 Å². The van der Waals surface area contributed by atoms with Gasteiger partial charge in [0.05, 0.1) is 12.0 Å². The summed E-state index contributed by atoms with van der Waals surface area (Å²) in [7, 11) is 0. The molecule has 104 valence electrons. The topological polar surface area (TPSA) is 37.3 Å². The lowest BCUT2D eigenvalue weighted by molar-refractivity contribution is -0.128. The Balaban J connectivity index is 2.28. The van der Waals surface area contributed by atoms with Crippen LogP contribution in [0.25, 0.3) is 0 Å². The molecule has 20 heavy (non-hydrogen) atoms. The van der Waals surface area contributed by atoms with E-state index in [0.717, 1.165) is 11.1 Å². The zero-order valence-corrected chi connectivity index (χ0v) is 11.8. The normalized spacial score (nSPS) is 11.3. The fourth-order valence-corrected chi connectivity index (χ4v) is 2.51. The Labute approximate surface area is 120 Å². The van der Waals surface area contributed by atoms with Gasteiger partial charge in [0, 0.05) is 0 Å². The van der Waals surface area contributed by atoms with Gasteiger partial charge < -0.3 is 5.11 Å². The van der Waals surface area contributed by atoms with Crippen molar-refractivity contribution in [1.29, 1.82) is 0 Å². The van der Waals surface area contributed by atoms with Crippen LogP contribution in [0.5, 0.6) is 0 Å². The molecule has 0 unspecified atom stereocenters. The Kier molecular flexibility index (Phi) is 4.70. The molecule has 0 saturated heterocycles. The maximum atomic E-state index is 12.1. The molecule has 0 radical (unpaired) electrons. The Morgan fingerprint density at radius 2 is 1.30 bits per heavy atom. The number of benzene rings is 2. The lowest BCUT2D eigenvalue weighted by Gasteiger charge is -2.29. The molecule has 0 bridgehead atoms. The summed E-state index contributed by atoms with van der Waals surface area (Å²) < 4.78 is 0. The molecule has 0 amide bonds. The third-order valence-corrected chi connectivity index (χ3v) is 3.82. The quantitative estimate of drug-likeness (QED) is 0.874. The van der Waals surface area contributed by atoms with Crippen molar-refractivity contribution in [3.63, 3.8) is 0 Å². The highest BCUT2D eigenvalue weighted by Gasteiger charge is 2.35. The van der Waals surface area contributed by atoms with Gasteiger partial charge in [0.15, 0.2) is 0 Å². The molecule has 0 aliphatic heterocycles. The number of ketones is 1. The van der Waals surface area contributed by atoms with E-state index < -0.39 is 5.41 Å². The number of carbonyl (C=O) groups is 1. The van der Waals surface area contributed by atoms with Crippen molar-refractivity contribution in [2.45, 2.75) is 19.8 Å². The summed E-state index contributed by atoms with van der Waals surface area (Å²) in [6.45, 7) is 1.44. The van der Waals surface area contributed by atoms with Gasteiger partial charge in [-0.2, -0.15) is 0 Å². The molecule has 0 fully saturated rings. The van der Waals surface area contributed by atoms with Crippen LogP contribution in [0.3, 0.4) is 0 Å². The summed E-state index contributed by atoms with van der Waals surface area (Å²) in [5.41, 5.74) is 1.42. The first kappa shape index (κ1) is 14.5. The molecule has 0 saturated carbocycles. The van der Waals surface area contributed by atoms with Crippen molar-refractivity contribution in [2.24, 2.45) is 5.41 Å². The second-order valence-corrected chi connectivity index (χ2v) is 5.32. The minimum absolute atomic E-state index is 0.0349. The predicted molar refractivity (Wildman–Crippen MR) is 80.5 cm³/mol. The predicted octanol–water partition coefficient (Wildman–Crippen LogP) is 3.04. The van der Waals surface area contributed by atoms with E-state index in [1.165, 1.54) is 0 Å². The molecule has 0 aliphatic rings. The molecule has 2 heteroatoms. The maximum absolute atomic E-state index is 12.1. The summed E-state index contributed by atoms with van der Waals surface area (Å²) >= 11 is 0. The number of hydrogen-bond acceptors (Lipinski definition) is 2. The summed E-state index contributed by atoms with van der Waals surface area (Å²) in [6.07, 6.45) is 1.13. The van der Waals surface area contributed by atoms with Crippen LogP contribution in [-0.4, -0.2) is 17.5 Å². The summed E-state index contributed by atoms with van der Waals surface area (Å²) in [5.74, 6) is 0.0349. The minimum atomic E-state index is -0.733. The summed E-state index contributed by atoms with van der Waals surface area (Å²) in [5, 5.41) is 9.85. The van der Waals surface area contributed by atoms with E-state index in [4.69, 9.17) is 0 Å². The van der Waals surface area contributed by atoms with Crippen LogP contribution in [0.1, 0.15) is 18.1 Å². The lowest BCUT2D eigenvalue weighted by atomic mass is 9.74. The van der Waals surface area contributed by atoms with Gasteiger partial charge in [-0.05, 0) is 30.9 Å². The molecule has 2 aromatic carbocycles. The SMILES string of the molecule is CC(=O)C(CO)(Cc1ccccc1)Cc1ccccc1. The van der Waals surface area contributed by atoms with E-state index in [0.29, 0.717) is 12.8 Å². The number of rotatable bonds is 6. The second-order valence-electron chi connectivity index (χ2n) is 5.32. The van der Waals surface area contributed by atoms with E-state index >= 15 is 0 Å². The molecular weight excluding hydrogens is 248 g/mol. The summed E-state index contributed by atoms with van der Waals surface area (Å²) in [6, 6.07) is 19.7. The maximum Gasteiger partial charge on any atom is 0.138 e. The zero-order valence-electron chi connectivity index (χ0n) is 11.8. The molecule has 2 nitrogen and oxygen atoms in total. The van der Waals surface area contributed by atoms with Crippen molar-refractivity contribution in [2.75, 3.05) is 6.61 Å². The first-order valence-electron chi connectivity index (χ1n) is 6.86. The molecule has 2 aromatic rings. The lowest BCUT2D eigenvalue weighted by Crippen LogP contribution is -2.38. The van der Waals surface area contributed by atoms with Crippen LogP contribution in [-0.2, 0) is 17.6 Å². The van der Waals surface area contributed by atoms with Crippen LogP contribution in [0.2, 0.25) is 0 Å². The van der Waals surface area contributed by atoms with Crippen molar-refractivity contribution in [3.05, 3.63) is 71.8 Å². The van der Waals surface area contributed by atoms with Gasteiger partial charge in [-0.3, -0.25) is 4.79 Å². The van der Waals surface area contributed by atoms with E-state index in [1.807, 2.05) is 60.7 Å². The van der Waals surface area contributed by atoms with Gasteiger partial charge in [0.1, 0.15) is 5.78 Å².